The fourth-order valence-corrected chi connectivity index (χ4v) is 2.99. The molecule has 4 nitrogen and oxygen atoms in total. The summed E-state index contributed by atoms with van der Waals surface area (Å²) in [6.45, 7) is 7.94. The summed E-state index contributed by atoms with van der Waals surface area (Å²) in [5.41, 5.74) is 2.30. The number of hydrogen-bond donors (Lipinski definition) is 1. The number of halogens is 1. The van der Waals surface area contributed by atoms with Gasteiger partial charge in [0.05, 0.1) is 28.6 Å². The third-order valence-corrected chi connectivity index (χ3v) is 4.35. The minimum absolute atomic E-state index is 0.392. The molecule has 0 atom stereocenters. The summed E-state index contributed by atoms with van der Waals surface area (Å²) in [7, 11) is 0. The zero-order valence-electron chi connectivity index (χ0n) is 11.2. The molecule has 1 aliphatic heterocycles. The second kappa shape index (κ2) is 6.68. The Morgan fingerprint density at radius 2 is 2.11 bits per heavy atom. The van der Waals surface area contributed by atoms with Crippen LogP contribution in [0.1, 0.15) is 38.1 Å². The van der Waals surface area contributed by atoms with E-state index in [1.807, 2.05) is 4.68 Å². The van der Waals surface area contributed by atoms with Crippen LogP contribution in [0.5, 0.6) is 0 Å². The van der Waals surface area contributed by atoms with Crippen LogP contribution in [0.25, 0.3) is 0 Å². The van der Waals surface area contributed by atoms with Gasteiger partial charge in [0.1, 0.15) is 0 Å². The van der Waals surface area contributed by atoms with Crippen molar-refractivity contribution in [3.8, 4) is 0 Å². The number of nitrogens with one attached hydrogen (secondary N) is 1. The third-order valence-electron chi connectivity index (χ3n) is 3.44. The first kappa shape index (κ1) is 14.0. The van der Waals surface area contributed by atoms with Crippen molar-refractivity contribution < 1.29 is 4.74 Å². The number of hydrogen-bond acceptors (Lipinski definition) is 3. The van der Waals surface area contributed by atoms with Crippen molar-refractivity contribution in [3.05, 3.63) is 15.9 Å². The zero-order chi connectivity index (χ0) is 13.0. The van der Waals surface area contributed by atoms with Gasteiger partial charge in [-0.25, -0.2) is 0 Å². The van der Waals surface area contributed by atoms with Crippen molar-refractivity contribution in [2.45, 2.75) is 52.4 Å². The molecule has 1 saturated heterocycles. The molecule has 0 bridgehead atoms. The Kier molecular flexibility index (Phi) is 5.21. The van der Waals surface area contributed by atoms with Crippen LogP contribution in [0.4, 0.5) is 0 Å². The summed E-state index contributed by atoms with van der Waals surface area (Å²) in [4.78, 5) is 0. The molecule has 1 aromatic heterocycles. The molecule has 1 aromatic rings. The Balaban J connectivity index is 2.01. The molecular weight excluding hydrogens is 294 g/mol. The summed E-state index contributed by atoms with van der Waals surface area (Å²) >= 11 is 3.65. The molecule has 0 saturated carbocycles. The minimum Gasteiger partial charge on any atom is -0.372 e. The first-order chi connectivity index (χ1) is 8.76. The fourth-order valence-electron chi connectivity index (χ4n) is 2.31. The summed E-state index contributed by atoms with van der Waals surface area (Å²) < 4.78 is 9.19. The van der Waals surface area contributed by atoms with E-state index >= 15 is 0 Å². The largest absolute Gasteiger partial charge is 0.372 e. The standard InChI is InChI=1S/C13H22BrN3O/c1-3-11-13(14)12(17(4-2)16-11)9-18-10-5-7-15-8-6-10/h10,15H,3-9H2,1-2H3. The lowest BCUT2D eigenvalue weighted by atomic mass is 10.1. The Bertz CT molecular complexity index is 386. The molecule has 0 aliphatic carbocycles. The van der Waals surface area contributed by atoms with E-state index in [9.17, 15) is 0 Å². The van der Waals surface area contributed by atoms with Crippen LogP contribution in [0.2, 0.25) is 0 Å². The van der Waals surface area contributed by atoms with Gasteiger partial charge < -0.3 is 10.1 Å². The average Bonchev–Trinajstić information content (AvgIpc) is 2.73. The van der Waals surface area contributed by atoms with Crippen molar-refractivity contribution in [2.75, 3.05) is 13.1 Å². The van der Waals surface area contributed by atoms with Gasteiger partial charge in [-0.1, -0.05) is 6.92 Å². The van der Waals surface area contributed by atoms with Gasteiger partial charge in [0.15, 0.2) is 0 Å². The van der Waals surface area contributed by atoms with E-state index in [1.165, 1.54) is 5.69 Å². The lowest BCUT2D eigenvalue weighted by Crippen LogP contribution is -2.32. The maximum atomic E-state index is 6.02. The van der Waals surface area contributed by atoms with Crippen molar-refractivity contribution in [1.82, 2.24) is 15.1 Å². The highest BCUT2D eigenvalue weighted by Crippen LogP contribution is 2.24. The second-order valence-corrected chi connectivity index (χ2v) is 5.43. The van der Waals surface area contributed by atoms with Crippen LogP contribution < -0.4 is 5.32 Å². The topological polar surface area (TPSA) is 39.1 Å². The number of nitrogens with zero attached hydrogens (tertiary/aromatic N) is 2. The van der Waals surface area contributed by atoms with Crippen molar-refractivity contribution >= 4 is 15.9 Å². The molecule has 0 unspecified atom stereocenters. The van der Waals surface area contributed by atoms with Gasteiger partial charge >= 0.3 is 0 Å². The monoisotopic (exact) mass is 315 g/mol. The summed E-state index contributed by atoms with van der Waals surface area (Å²) in [5, 5.41) is 7.94. The molecule has 1 aliphatic rings. The van der Waals surface area contributed by atoms with E-state index in [-0.39, 0.29) is 0 Å². The van der Waals surface area contributed by atoms with E-state index < -0.39 is 0 Å². The molecule has 1 N–H and O–H groups in total. The lowest BCUT2D eigenvalue weighted by molar-refractivity contribution is 0.0176. The van der Waals surface area contributed by atoms with Crippen LogP contribution in [-0.2, 0) is 24.3 Å². The fraction of sp³-hybridized carbons (Fsp3) is 0.769. The molecule has 18 heavy (non-hydrogen) atoms. The predicted molar refractivity (Wildman–Crippen MR) is 75.7 cm³/mol. The first-order valence-corrected chi connectivity index (χ1v) is 7.61. The van der Waals surface area contributed by atoms with E-state index in [4.69, 9.17) is 4.74 Å². The highest BCUT2D eigenvalue weighted by atomic mass is 79.9. The molecule has 2 heterocycles. The highest BCUT2D eigenvalue weighted by Gasteiger charge is 2.17. The number of aryl methyl sites for hydroxylation is 2. The Morgan fingerprint density at radius 3 is 2.72 bits per heavy atom. The lowest BCUT2D eigenvalue weighted by Gasteiger charge is -2.23. The molecule has 5 heteroatoms. The number of ether oxygens (including phenoxy) is 1. The van der Waals surface area contributed by atoms with E-state index in [0.29, 0.717) is 12.7 Å². The first-order valence-electron chi connectivity index (χ1n) is 6.82. The van der Waals surface area contributed by atoms with Gasteiger partial charge in [-0.2, -0.15) is 5.10 Å². The average molecular weight is 316 g/mol. The summed E-state index contributed by atoms with van der Waals surface area (Å²) in [6, 6.07) is 0. The van der Waals surface area contributed by atoms with E-state index in [1.54, 1.807) is 0 Å². The number of rotatable bonds is 5. The Hall–Kier alpha value is -0.390. The zero-order valence-corrected chi connectivity index (χ0v) is 12.8. The number of aromatic nitrogens is 2. The van der Waals surface area contributed by atoms with Gasteiger partial charge in [-0.05, 0) is 55.2 Å². The SMILES string of the molecule is CCc1nn(CC)c(COC2CCNCC2)c1Br. The predicted octanol–water partition coefficient (Wildman–Crippen LogP) is 2.50. The van der Waals surface area contributed by atoms with Crippen LogP contribution >= 0.6 is 15.9 Å². The second-order valence-electron chi connectivity index (χ2n) is 4.64. The van der Waals surface area contributed by atoms with Crippen LogP contribution in [0.15, 0.2) is 4.47 Å². The van der Waals surface area contributed by atoms with Crippen molar-refractivity contribution in [3.63, 3.8) is 0 Å². The van der Waals surface area contributed by atoms with Gasteiger partial charge in [0.2, 0.25) is 0 Å². The number of piperidine rings is 1. The molecule has 0 spiro atoms. The minimum atomic E-state index is 0.392. The van der Waals surface area contributed by atoms with Gasteiger partial charge in [0.25, 0.3) is 0 Å². The summed E-state index contributed by atoms with van der Waals surface area (Å²) in [5.74, 6) is 0. The Labute approximate surface area is 117 Å². The van der Waals surface area contributed by atoms with Crippen molar-refractivity contribution in [2.24, 2.45) is 0 Å². The highest BCUT2D eigenvalue weighted by molar-refractivity contribution is 9.10. The van der Waals surface area contributed by atoms with Crippen molar-refractivity contribution in [1.29, 1.82) is 0 Å². The Morgan fingerprint density at radius 1 is 1.39 bits per heavy atom. The third kappa shape index (κ3) is 3.13. The quantitative estimate of drug-likeness (QED) is 0.907. The molecule has 0 radical (unpaired) electrons. The van der Waals surface area contributed by atoms with Gasteiger partial charge in [-0.3, -0.25) is 4.68 Å². The molecule has 2 rings (SSSR count). The maximum absolute atomic E-state index is 6.02. The maximum Gasteiger partial charge on any atom is 0.0900 e. The van der Waals surface area contributed by atoms with Gasteiger partial charge in [-0.15, -0.1) is 0 Å². The van der Waals surface area contributed by atoms with Crippen LogP contribution in [0, 0.1) is 0 Å². The van der Waals surface area contributed by atoms with Crippen LogP contribution in [0.3, 0.4) is 0 Å². The van der Waals surface area contributed by atoms with E-state index in [2.05, 4.69) is 40.2 Å². The van der Waals surface area contributed by atoms with Crippen LogP contribution in [-0.4, -0.2) is 29.0 Å². The molecule has 0 amide bonds. The van der Waals surface area contributed by atoms with E-state index in [0.717, 1.165) is 49.1 Å². The summed E-state index contributed by atoms with van der Waals surface area (Å²) in [6.07, 6.45) is 3.56. The molecule has 0 aromatic carbocycles. The molecule has 1 fully saturated rings. The molecular formula is C13H22BrN3O. The normalized spacial score (nSPS) is 17.3. The molecule has 102 valence electrons. The van der Waals surface area contributed by atoms with Gasteiger partial charge in [0, 0.05) is 6.54 Å². The smallest absolute Gasteiger partial charge is 0.0900 e.